The Bertz CT molecular complexity index is 845. The maximum atomic E-state index is 9.85. The van der Waals surface area contributed by atoms with Crippen molar-refractivity contribution in [2.45, 2.75) is 6.92 Å². The predicted molar refractivity (Wildman–Crippen MR) is 88.9 cm³/mol. The van der Waals surface area contributed by atoms with Crippen molar-refractivity contribution in [2.24, 2.45) is 0 Å². The van der Waals surface area contributed by atoms with E-state index in [1.165, 1.54) is 0 Å². The lowest BCUT2D eigenvalue weighted by atomic mass is 10.0. The number of nitriles is 2. The van der Waals surface area contributed by atoms with E-state index >= 15 is 0 Å². The maximum Gasteiger partial charge on any atom is 0.176 e. The standard InChI is InChI=1S/C18H13ClN2O2/c1-2-23-17-9-13(8-16(19)18(17)22)7-15(11-21)14-5-3-4-12(6-14)10-20/h3-9,22H,2H2,1H3/b15-7-. The SMILES string of the molecule is CCOc1cc(/C=C(/C#N)c2cccc(C#N)c2)cc(Cl)c1O. The molecular formula is C18H13ClN2O2. The van der Waals surface area contributed by atoms with Gasteiger partial charge in [0, 0.05) is 0 Å². The first-order chi connectivity index (χ1) is 11.1. The van der Waals surface area contributed by atoms with Crippen molar-refractivity contribution in [3.05, 3.63) is 58.1 Å². The number of ether oxygens (including phenoxy) is 1. The Morgan fingerprint density at radius 3 is 2.74 bits per heavy atom. The number of rotatable bonds is 4. The second-order valence-corrected chi connectivity index (χ2v) is 5.05. The Kier molecular flexibility index (Phi) is 5.25. The zero-order valence-electron chi connectivity index (χ0n) is 12.4. The van der Waals surface area contributed by atoms with Crippen molar-refractivity contribution in [2.75, 3.05) is 6.61 Å². The molecule has 0 unspecified atom stereocenters. The van der Waals surface area contributed by atoms with Crippen molar-refractivity contribution < 1.29 is 9.84 Å². The Balaban J connectivity index is 2.50. The van der Waals surface area contributed by atoms with Crippen LogP contribution in [0.4, 0.5) is 0 Å². The molecule has 0 bridgehead atoms. The van der Waals surface area contributed by atoms with Gasteiger partial charge >= 0.3 is 0 Å². The van der Waals surface area contributed by atoms with E-state index in [1.807, 2.05) is 6.07 Å². The van der Waals surface area contributed by atoms with Gasteiger partial charge in [0.05, 0.1) is 34.9 Å². The van der Waals surface area contributed by atoms with Gasteiger partial charge in [-0.05, 0) is 48.4 Å². The predicted octanol–water partition coefficient (Wildman–Crippen LogP) is 4.38. The number of halogens is 1. The van der Waals surface area contributed by atoms with Gasteiger partial charge in [-0.1, -0.05) is 23.7 Å². The molecule has 4 nitrogen and oxygen atoms in total. The summed E-state index contributed by atoms with van der Waals surface area (Å²) in [5.41, 5.74) is 2.11. The van der Waals surface area contributed by atoms with E-state index in [1.54, 1.807) is 49.4 Å². The summed E-state index contributed by atoms with van der Waals surface area (Å²) in [6.07, 6.45) is 1.63. The van der Waals surface area contributed by atoms with Gasteiger partial charge in [0.15, 0.2) is 11.5 Å². The zero-order chi connectivity index (χ0) is 16.8. The van der Waals surface area contributed by atoms with Crippen LogP contribution in [0.2, 0.25) is 5.02 Å². The van der Waals surface area contributed by atoms with E-state index in [2.05, 4.69) is 6.07 Å². The molecule has 114 valence electrons. The molecule has 0 heterocycles. The van der Waals surface area contributed by atoms with Gasteiger partial charge < -0.3 is 9.84 Å². The first kappa shape index (κ1) is 16.4. The molecule has 0 saturated heterocycles. The number of hydrogen-bond donors (Lipinski definition) is 1. The van der Waals surface area contributed by atoms with Gasteiger partial charge in [-0.3, -0.25) is 0 Å². The number of nitrogens with zero attached hydrogens (tertiary/aromatic N) is 2. The minimum absolute atomic E-state index is 0.129. The van der Waals surface area contributed by atoms with Gasteiger partial charge in [-0.25, -0.2) is 0 Å². The molecule has 0 aromatic heterocycles. The Labute approximate surface area is 139 Å². The second kappa shape index (κ2) is 7.35. The van der Waals surface area contributed by atoms with Crippen LogP contribution >= 0.6 is 11.6 Å². The summed E-state index contributed by atoms with van der Waals surface area (Å²) >= 11 is 5.99. The Hall–Kier alpha value is -2.95. The lowest BCUT2D eigenvalue weighted by Crippen LogP contribution is -1.93. The van der Waals surface area contributed by atoms with E-state index in [0.717, 1.165) is 0 Å². The van der Waals surface area contributed by atoms with E-state index in [0.29, 0.717) is 28.9 Å². The van der Waals surface area contributed by atoms with Crippen LogP contribution in [-0.2, 0) is 0 Å². The lowest BCUT2D eigenvalue weighted by Gasteiger charge is -2.09. The van der Waals surface area contributed by atoms with Crippen LogP contribution in [0.15, 0.2) is 36.4 Å². The van der Waals surface area contributed by atoms with E-state index < -0.39 is 0 Å². The normalized spacial score (nSPS) is 10.7. The molecular weight excluding hydrogens is 312 g/mol. The van der Waals surface area contributed by atoms with Crippen LogP contribution in [0.1, 0.15) is 23.6 Å². The molecule has 0 fully saturated rings. The second-order valence-electron chi connectivity index (χ2n) is 4.64. The summed E-state index contributed by atoms with van der Waals surface area (Å²) in [7, 11) is 0. The van der Waals surface area contributed by atoms with Crippen LogP contribution in [0.3, 0.4) is 0 Å². The summed E-state index contributed by atoms with van der Waals surface area (Å²) in [6.45, 7) is 2.18. The van der Waals surface area contributed by atoms with Crippen molar-refractivity contribution >= 4 is 23.3 Å². The van der Waals surface area contributed by atoms with E-state index in [9.17, 15) is 10.4 Å². The van der Waals surface area contributed by atoms with Crippen LogP contribution in [0.5, 0.6) is 11.5 Å². The first-order valence-corrected chi connectivity index (χ1v) is 7.24. The molecule has 0 amide bonds. The summed E-state index contributed by atoms with van der Waals surface area (Å²) in [5, 5.41) is 28.3. The highest BCUT2D eigenvalue weighted by Gasteiger charge is 2.10. The van der Waals surface area contributed by atoms with Gasteiger partial charge in [0.1, 0.15) is 0 Å². The lowest BCUT2D eigenvalue weighted by molar-refractivity contribution is 0.318. The molecule has 0 radical (unpaired) electrons. The molecule has 2 aromatic rings. The monoisotopic (exact) mass is 324 g/mol. The molecule has 0 aliphatic heterocycles. The topological polar surface area (TPSA) is 77.0 Å². The van der Waals surface area contributed by atoms with E-state index in [-0.39, 0.29) is 16.5 Å². The summed E-state index contributed by atoms with van der Waals surface area (Å²) < 4.78 is 5.33. The first-order valence-electron chi connectivity index (χ1n) is 6.86. The molecule has 0 atom stereocenters. The highest BCUT2D eigenvalue weighted by atomic mass is 35.5. The van der Waals surface area contributed by atoms with Crippen molar-refractivity contribution in [3.63, 3.8) is 0 Å². The quantitative estimate of drug-likeness (QED) is 0.668. The summed E-state index contributed by atoms with van der Waals surface area (Å²) in [4.78, 5) is 0. The molecule has 2 rings (SSSR count). The fourth-order valence-electron chi connectivity index (χ4n) is 2.05. The molecule has 1 N–H and O–H groups in total. The number of phenols is 1. The zero-order valence-corrected chi connectivity index (χ0v) is 13.1. The van der Waals surface area contributed by atoms with E-state index in [4.69, 9.17) is 21.6 Å². The van der Waals surface area contributed by atoms with Gasteiger partial charge in [0.2, 0.25) is 0 Å². The van der Waals surface area contributed by atoms with Crippen LogP contribution in [-0.4, -0.2) is 11.7 Å². The minimum Gasteiger partial charge on any atom is -0.503 e. The van der Waals surface area contributed by atoms with Crippen LogP contribution < -0.4 is 4.74 Å². The number of benzene rings is 2. The third-order valence-electron chi connectivity index (χ3n) is 3.08. The van der Waals surface area contributed by atoms with Crippen molar-refractivity contribution in [1.29, 1.82) is 10.5 Å². The Morgan fingerprint density at radius 2 is 2.09 bits per heavy atom. The van der Waals surface area contributed by atoms with Crippen molar-refractivity contribution in [1.82, 2.24) is 0 Å². The molecule has 0 aliphatic carbocycles. The molecule has 5 heteroatoms. The average Bonchev–Trinajstić information content (AvgIpc) is 2.57. The molecule has 0 spiro atoms. The van der Waals surface area contributed by atoms with Gasteiger partial charge in [-0.15, -0.1) is 0 Å². The number of allylic oxidation sites excluding steroid dienone is 1. The van der Waals surface area contributed by atoms with Crippen LogP contribution in [0.25, 0.3) is 11.6 Å². The highest BCUT2D eigenvalue weighted by molar-refractivity contribution is 6.32. The minimum atomic E-state index is -0.129. The third-order valence-corrected chi connectivity index (χ3v) is 3.37. The average molecular weight is 325 g/mol. The largest absolute Gasteiger partial charge is 0.503 e. The molecule has 0 saturated carbocycles. The number of phenolic OH excluding ortho intramolecular Hbond substituents is 1. The number of aromatic hydroxyl groups is 1. The fraction of sp³-hybridized carbons (Fsp3) is 0.111. The third kappa shape index (κ3) is 3.83. The van der Waals surface area contributed by atoms with Crippen molar-refractivity contribution in [3.8, 4) is 23.6 Å². The highest BCUT2D eigenvalue weighted by Crippen LogP contribution is 2.36. The fourth-order valence-corrected chi connectivity index (χ4v) is 2.26. The molecule has 0 aliphatic rings. The Morgan fingerprint density at radius 1 is 1.30 bits per heavy atom. The van der Waals surface area contributed by atoms with Gasteiger partial charge in [-0.2, -0.15) is 10.5 Å². The summed E-state index contributed by atoms with van der Waals surface area (Å²) in [6, 6.07) is 14.1. The number of hydrogen-bond acceptors (Lipinski definition) is 4. The molecule has 2 aromatic carbocycles. The maximum absolute atomic E-state index is 9.85. The van der Waals surface area contributed by atoms with Gasteiger partial charge in [0.25, 0.3) is 0 Å². The van der Waals surface area contributed by atoms with Crippen LogP contribution in [0, 0.1) is 22.7 Å². The summed E-state index contributed by atoms with van der Waals surface area (Å²) in [5.74, 6) is 0.130. The molecule has 23 heavy (non-hydrogen) atoms. The smallest absolute Gasteiger partial charge is 0.176 e.